The van der Waals surface area contributed by atoms with Gasteiger partial charge in [-0.15, -0.1) is 12.4 Å². The van der Waals surface area contributed by atoms with Crippen LogP contribution < -0.4 is 4.74 Å². The monoisotopic (exact) mass is 287 g/mol. The topological polar surface area (TPSA) is 32.7 Å². The maximum absolute atomic E-state index is 10.9. The Morgan fingerprint density at radius 1 is 1.26 bits per heavy atom. The standard InChI is InChI=1S/C15H25NO2.ClH/c1-6-15(17,12(2)11-16(3)4)13-7-9-14(18-5)10-8-13;/h7-10,12,17H,6,11H2,1-5H3;1H. The van der Waals surface area contributed by atoms with Crippen molar-refractivity contribution in [2.75, 3.05) is 27.7 Å². The second-order valence-corrected chi connectivity index (χ2v) is 5.17. The Hall–Kier alpha value is -0.770. The van der Waals surface area contributed by atoms with Crippen LogP contribution in [0.4, 0.5) is 0 Å². The van der Waals surface area contributed by atoms with Gasteiger partial charge in [-0.05, 0) is 38.2 Å². The fourth-order valence-corrected chi connectivity index (χ4v) is 2.42. The Labute approximate surface area is 123 Å². The molecule has 3 nitrogen and oxygen atoms in total. The highest BCUT2D eigenvalue weighted by Gasteiger charge is 2.33. The van der Waals surface area contributed by atoms with Crippen molar-refractivity contribution in [2.45, 2.75) is 25.9 Å². The van der Waals surface area contributed by atoms with Gasteiger partial charge in [-0.2, -0.15) is 0 Å². The van der Waals surface area contributed by atoms with Crippen LogP contribution in [-0.4, -0.2) is 37.8 Å². The summed E-state index contributed by atoms with van der Waals surface area (Å²) in [5.41, 5.74) is 0.177. The van der Waals surface area contributed by atoms with Crippen molar-refractivity contribution in [3.05, 3.63) is 29.8 Å². The van der Waals surface area contributed by atoms with Crippen molar-refractivity contribution in [3.63, 3.8) is 0 Å². The van der Waals surface area contributed by atoms with E-state index in [-0.39, 0.29) is 18.3 Å². The van der Waals surface area contributed by atoms with E-state index in [4.69, 9.17) is 4.74 Å². The van der Waals surface area contributed by atoms with E-state index in [1.165, 1.54) is 0 Å². The lowest BCUT2D eigenvalue weighted by Gasteiger charge is -2.35. The molecule has 0 aliphatic carbocycles. The van der Waals surface area contributed by atoms with E-state index < -0.39 is 5.60 Å². The summed E-state index contributed by atoms with van der Waals surface area (Å²) in [5, 5.41) is 10.9. The molecular weight excluding hydrogens is 262 g/mol. The molecule has 0 saturated heterocycles. The zero-order valence-electron chi connectivity index (χ0n) is 12.5. The first-order valence-electron chi connectivity index (χ1n) is 6.45. The van der Waals surface area contributed by atoms with Gasteiger partial charge in [0.25, 0.3) is 0 Å². The van der Waals surface area contributed by atoms with E-state index >= 15 is 0 Å². The fourth-order valence-electron chi connectivity index (χ4n) is 2.42. The molecule has 110 valence electrons. The molecule has 2 unspecified atom stereocenters. The van der Waals surface area contributed by atoms with E-state index in [1.54, 1.807) is 7.11 Å². The third-order valence-electron chi connectivity index (χ3n) is 3.58. The average Bonchev–Trinajstić information content (AvgIpc) is 2.37. The average molecular weight is 288 g/mol. The van der Waals surface area contributed by atoms with Gasteiger partial charge in [0.1, 0.15) is 5.75 Å². The van der Waals surface area contributed by atoms with Crippen LogP contribution in [0.3, 0.4) is 0 Å². The normalized spacial score (nSPS) is 15.5. The number of benzene rings is 1. The molecule has 1 aromatic rings. The predicted molar refractivity (Wildman–Crippen MR) is 82.1 cm³/mol. The van der Waals surface area contributed by atoms with Crippen molar-refractivity contribution in [3.8, 4) is 5.75 Å². The molecule has 1 rings (SSSR count). The largest absolute Gasteiger partial charge is 0.497 e. The Balaban J connectivity index is 0.00000324. The number of rotatable bonds is 6. The molecule has 4 heteroatoms. The smallest absolute Gasteiger partial charge is 0.118 e. The van der Waals surface area contributed by atoms with E-state index in [0.29, 0.717) is 6.42 Å². The lowest BCUT2D eigenvalue weighted by molar-refractivity contribution is -0.0292. The summed E-state index contributed by atoms with van der Waals surface area (Å²) < 4.78 is 5.15. The molecule has 0 heterocycles. The number of methoxy groups -OCH3 is 1. The van der Waals surface area contributed by atoms with Crippen molar-refractivity contribution in [1.82, 2.24) is 4.90 Å². The van der Waals surface area contributed by atoms with Crippen LogP contribution in [-0.2, 0) is 5.60 Å². The molecule has 0 amide bonds. The zero-order chi connectivity index (χ0) is 13.8. The molecule has 19 heavy (non-hydrogen) atoms. The molecule has 0 fully saturated rings. The van der Waals surface area contributed by atoms with Crippen LogP contribution in [0.2, 0.25) is 0 Å². The van der Waals surface area contributed by atoms with E-state index in [0.717, 1.165) is 17.9 Å². The molecular formula is C15H26ClNO2. The Morgan fingerprint density at radius 3 is 2.16 bits per heavy atom. The molecule has 2 atom stereocenters. The first kappa shape index (κ1) is 18.2. The lowest BCUT2D eigenvalue weighted by Crippen LogP contribution is -2.38. The summed E-state index contributed by atoms with van der Waals surface area (Å²) in [4.78, 5) is 2.11. The van der Waals surface area contributed by atoms with E-state index in [2.05, 4.69) is 11.8 Å². The van der Waals surface area contributed by atoms with Gasteiger partial charge in [-0.3, -0.25) is 0 Å². The Morgan fingerprint density at radius 2 is 1.79 bits per heavy atom. The fraction of sp³-hybridized carbons (Fsp3) is 0.600. The van der Waals surface area contributed by atoms with Crippen molar-refractivity contribution >= 4 is 12.4 Å². The lowest BCUT2D eigenvalue weighted by atomic mass is 9.80. The SMILES string of the molecule is CCC(O)(c1ccc(OC)cc1)C(C)CN(C)C.Cl. The zero-order valence-corrected chi connectivity index (χ0v) is 13.3. The van der Waals surface area contributed by atoms with Crippen LogP contribution in [0.25, 0.3) is 0 Å². The second-order valence-electron chi connectivity index (χ2n) is 5.17. The minimum atomic E-state index is -0.781. The molecule has 0 aliphatic heterocycles. The molecule has 0 aliphatic rings. The second kappa shape index (κ2) is 7.73. The molecule has 0 aromatic heterocycles. The van der Waals surface area contributed by atoms with Gasteiger partial charge >= 0.3 is 0 Å². The number of hydrogen-bond acceptors (Lipinski definition) is 3. The first-order chi connectivity index (χ1) is 8.43. The summed E-state index contributed by atoms with van der Waals surface area (Å²) in [6.07, 6.45) is 0.703. The predicted octanol–water partition coefficient (Wildman–Crippen LogP) is 2.91. The van der Waals surface area contributed by atoms with E-state index in [1.807, 2.05) is 45.3 Å². The van der Waals surface area contributed by atoms with Gasteiger partial charge in [-0.25, -0.2) is 0 Å². The Kier molecular flexibility index (Phi) is 7.42. The van der Waals surface area contributed by atoms with E-state index in [9.17, 15) is 5.11 Å². The quantitative estimate of drug-likeness (QED) is 0.873. The maximum atomic E-state index is 10.9. The molecule has 1 aromatic carbocycles. The molecule has 0 bridgehead atoms. The van der Waals surface area contributed by atoms with Crippen LogP contribution >= 0.6 is 12.4 Å². The number of aliphatic hydroxyl groups is 1. The summed E-state index contributed by atoms with van der Waals surface area (Å²) in [5.74, 6) is 0.989. The van der Waals surface area contributed by atoms with Crippen LogP contribution in [0, 0.1) is 5.92 Å². The summed E-state index contributed by atoms with van der Waals surface area (Å²) in [6, 6.07) is 7.71. The summed E-state index contributed by atoms with van der Waals surface area (Å²) >= 11 is 0. The Bertz CT molecular complexity index is 367. The van der Waals surface area contributed by atoms with Crippen LogP contribution in [0.15, 0.2) is 24.3 Å². The number of hydrogen-bond donors (Lipinski definition) is 1. The van der Waals surface area contributed by atoms with Gasteiger partial charge < -0.3 is 14.7 Å². The third kappa shape index (κ3) is 4.37. The minimum absolute atomic E-state index is 0. The summed E-state index contributed by atoms with van der Waals surface area (Å²) in [7, 11) is 5.71. The van der Waals surface area contributed by atoms with Crippen LogP contribution in [0.5, 0.6) is 5.75 Å². The third-order valence-corrected chi connectivity index (χ3v) is 3.58. The number of ether oxygens (including phenoxy) is 1. The van der Waals surface area contributed by atoms with Gasteiger partial charge in [-0.1, -0.05) is 26.0 Å². The minimum Gasteiger partial charge on any atom is -0.497 e. The van der Waals surface area contributed by atoms with Gasteiger partial charge in [0.15, 0.2) is 0 Å². The summed E-state index contributed by atoms with van der Waals surface area (Å²) in [6.45, 7) is 4.97. The molecule has 0 saturated carbocycles. The number of halogens is 1. The van der Waals surface area contributed by atoms with Crippen molar-refractivity contribution in [2.24, 2.45) is 5.92 Å². The molecule has 0 radical (unpaired) electrons. The van der Waals surface area contributed by atoms with Gasteiger partial charge in [0.05, 0.1) is 12.7 Å². The van der Waals surface area contributed by atoms with Gasteiger partial charge in [0, 0.05) is 12.5 Å². The first-order valence-corrected chi connectivity index (χ1v) is 6.45. The highest BCUT2D eigenvalue weighted by atomic mass is 35.5. The van der Waals surface area contributed by atoms with Crippen LogP contribution in [0.1, 0.15) is 25.8 Å². The maximum Gasteiger partial charge on any atom is 0.118 e. The molecule has 0 spiro atoms. The van der Waals surface area contributed by atoms with Gasteiger partial charge in [0.2, 0.25) is 0 Å². The highest BCUT2D eigenvalue weighted by Crippen LogP contribution is 2.34. The van der Waals surface area contributed by atoms with Crippen molar-refractivity contribution in [1.29, 1.82) is 0 Å². The number of nitrogens with zero attached hydrogens (tertiary/aromatic N) is 1. The van der Waals surface area contributed by atoms with Crippen molar-refractivity contribution < 1.29 is 9.84 Å². The molecule has 1 N–H and O–H groups in total. The highest BCUT2D eigenvalue weighted by molar-refractivity contribution is 5.85.